The van der Waals surface area contributed by atoms with Crippen LogP contribution in [0.2, 0.25) is 0 Å². The smallest absolute Gasteiger partial charge is 0.0968 e. The fourth-order valence-corrected chi connectivity index (χ4v) is 11.9. The third-order valence-corrected chi connectivity index (χ3v) is 15.0. The van der Waals surface area contributed by atoms with Crippen LogP contribution in [0.3, 0.4) is 0 Å². The molecule has 11 aromatic rings. The van der Waals surface area contributed by atoms with Crippen molar-refractivity contribution in [3.8, 4) is 22.7 Å². The van der Waals surface area contributed by atoms with Gasteiger partial charge in [-0.25, -0.2) is 0 Å². The Kier molecular flexibility index (Phi) is 8.35. The highest BCUT2D eigenvalue weighted by Crippen LogP contribution is 2.48. The number of benzene rings is 7. The quantitative estimate of drug-likeness (QED) is 0.168. The van der Waals surface area contributed by atoms with Crippen molar-refractivity contribution in [1.82, 2.24) is 18.3 Å². The van der Waals surface area contributed by atoms with Crippen LogP contribution in [0.15, 0.2) is 133 Å². The summed E-state index contributed by atoms with van der Waals surface area (Å²) in [6.07, 6.45) is 10.3. The van der Waals surface area contributed by atoms with E-state index in [2.05, 4.69) is 213 Å². The predicted molar refractivity (Wildman–Crippen MR) is 281 cm³/mol. The lowest BCUT2D eigenvalue weighted by atomic mass is 9.93. The molecule has 0 saturated heterocycles. The van der Waals surface area contributed by atoms with Crippen molar-refractivity contribution in [3.63, 3.8) is 0 Å². The van der Waals surface area contributed by atoms with E-state index in [4.69, 9.17) is 0 Å². The lowest BCUT2D eigenvalue weighted by Gasteiger charge is -2.27. The number of aromatic nitrogens is 4. The summed E-state index contributed by atoms with van der Waals surface area (Å²) in [5.74, 6) is 0.456. The topological polar surface area (TPSA) is 19.7 Å². The average Bonchev–Trinajstić information content (AvgIpc) is 3.99. The minimum absolute atomic E-state index is 0.456. The molecule has 0 bridgehead atoms. The molecule has 1 unspecified atom stereocenters. The van der Waals surface area contributed by atoms with Gasteiger partial charge in [-0.05, 0) is 170 Å². The minimum Gasteiger partial charge on any atom is -0.311 e. The highest BCUT2D eigenvalue weighted by atomic mass is 15.1. The van der Waals surface area contributed by atoms with Crippen molar-refractivity contribution in [2.24, 2.45) is 5.92 Å². The van der Waals surface area contributed by atoms with Gasteiger partial charge in [0.2, 0.25) is 0 Å². The molecule has 0 spiro atoms. The molecule has 2 aliphatic carbocycles. The van der Waals surface area contributed by atoms with E-state index in [0.29, 0.717) is 5.92 Å². The van der Waals surface area contributed by atoms with Crippen molar-refractivity contribution >= 4 is 77.6 Å². The first-order chi connectivity index (χ1) is 32.0. The first-order valence-corrected chi connectivity index (χ1v) is 23.9. The average molecular weight is 855 g/mol. The Morgan fingerprint density at radius 1 is 0.409 bits per heavy atom. The van der Waals surface area contributed by atoms with Crippen molar-refractivity contribution in [3.05, 3.63) is 189 Å². The molecule has 0 radical (unpaired) electrons. The van der Waals surface area contributed by atoms with Gasteiger partial charge in [0.1, 0.15) is 0 Å². The molecular formula is C62H54N4. The molecular weight excluding hydrogens is 801 g/mol. The van der Waals surface area contributed by atoms with Crippen LogP contribution in [-0.4, -0.2) is 18.3 Å². The SMILES string of the molecule is CC1=Cc2c(n(-c3ccc(-n4c5c(c6cc(C)ccc64)CC(C)C=C5)c(-n4c5ccc(C)cc5c5cc(C)ccc54)c3-n3c4ccc(C)cc4c4cc(C)ccc43)c3ccc(C)cc23)CC1. The molecule has 0 aliphatic heterocycles. The van der Waals surface area contributed by atoms with Gasteiger partial charge < -0.3 is 18.3 Å². The molecule has 322 valence electrons. The van der Waals surface area contributed by atoms with E-state index in [0.717, 1.165) is 30.6 Å². The molecule has 0 fully saturated rings. The maximum absolute atomic E-state index is 2.64. The number of nitrogens with zero attached hydrogens (tertiary/aromatic N) is 4. The van der Waals surface area contributed by atoms with Crippen LogP contribution in [0.4, 0.5) is 0 Å². The van der Waals surface area contributed by atoms with Crippen LogP contribution < -0.4 is 0 Å². The maximum Gasteiger partial charge on any atom is 0.0968 e. The molecule has 4 aromatic heterocycles. The molecule has 4 heteroatoms. The largest absolute Gasteiger partial charge is 0.311 e. The number of allylic oxidation sites excluding steroid dienone is 2. The van der Waals surface area contributed by atoms with E-state index < -0.39 is 0 Å². The van der Waals surface area contributed by atoms with E-state index in [9.17, 15) is 0 Å². The standard InChI is InChI=1S/C62H54N4/c1-35-9-17-51-43(27-35)44-28-36(2)10-18-52(44)63(51)59-25-26-60(64-53-19-11-37(3)29-45(53)46-30-38(4)12-20-54(46)64)62(66-57-23-15-41(7)33-49(57)50-34-42(8)16-24-58(50)66)61(59)65-55-21-13-39(5)31-47(55)48-32-40(6)14-22-56(48)65/h9-11,13-19,21-27,29-34,36H,12,20,28H2,1-8H3. The van der Waals surface area contributed by atoms with Crippen LogP contribution in [0.5, 0.6) is 0 Å². The molecule has 4 heterocycles. The zero-order valence-electron chi connectivity index (χ0n) is 39.3. The summed E-state index contributed by atoms with van der Waals surface area (Å²) in [6, 6.07) is 47.4. The predicted octanol–water partition coefficient (Wildman–Crippen LogP) is 16.2. The molecule has 0 amide bonds. The summed E-state index contributed by atoms with van der Waals surface area (Å²) in [4.78, 5) is 0. The molecule has 7 aromatic carbocycles. The normalized spacial score (nSPS) is 15.0. The Labute approximate surface area is 386 Å². The monoisotopic (exact) mass is 854 g/mol. The third kappa shape index (κ3) is 5.57. The molecule has 2 aliphatic rings. The summed E-state index contributed by atoms with van der Waals surface area (Å²) >= 11 is 0. The van der Waals surface area contributed by atoms with Gasteiger partial charge in [0, 0.05) is 49.3 Å². The van der Waals surface area contributed by atoms with E-state index in [1.54, 1.807) is 0 Å². The second-order valence-electron chi connectivity index (χ2n) is 20.0. The van der Waals surface area contributed by atoms with E-state index in [-0.39, 0.29) is 0 Å². The van der Waals surface area contributed by atoms with E-state index in [1.807, 2.05) is 0 Å². The number of fused-ring (bicyclic) bond motifs is 12. The Bertz CT molecular complexity index is 3880. The van der Waals surface area contributed by atoms with E-state index >= 15 is 0 Å². The Morgan fingerprint density at radius 3 is 1.27 bits per heavy atom. The second kappa shape index (κ2) is 14.1. The van der Waals surface area contributed by atoms with Gasteiger partial charge in [-0.3, -0.25) is 0 Å². The summed E-state index contributed by atoms with van der Waals surface area (Å²) in [7, 11) is 0. The zero-order chi connectivity index (χ0) is 44.9. The Balaban J connectivity index is 1.32. The first-order valence-electron chi connectivity index (χ1n) is 23.9. The van der Waals surface area contributed by atoms with Gasteiger partial charge in [-0.1, -0.05) is 94.4 Å². The van der Waals surface area contributed by atoms with Gasteiger partial charge >= 0.3 is 0 Å². The Hall–Kier alpha value is -7.30. The van der Waals surface area contributed by atoms with E-state index in [1.165, 1.54) is 138 Å². The van der Waals surface area contributed by atoms with Gasteiger partial charge in [0.25, 0.3) is 0 Å². The van der Waals surface area contributed by atoms with Crippen LogP contribution in [0.1, 0.15) is 76.2 Å². The summed E-state index contributed by atoms with van der Waals surface area (Å²) in [5, 5.41) is 7.75. The highest BCUT2D eigenvalue weighted by Gasteiger charge is 2.31. The number of aryl methyl sites for hydroxylation is 6. The number of rotatable bonds is 4. The van der Waals surface area contributed by atoms with Crippen molar-refractivity contribution in [1.29, 1.82) is 0 Å². The van der Waals surface area contributed by atoms with Gasteiger partial charge in [-0.15, -0.1) is 0 Å². The molecule has 0 saturated carbocycles. The van der Waals surface area contributed by atoms with Crippen LogP contribution in [0, 0.1) is 47.5 Å². The lowest BCUT2D eigenvalue weighted by molar-refractivity contribution is 0.717. The fraction of sp³-hybridized carbons (Fsp3) is 0.194. The second-order valence-corrected chi connectivity index (χ2v) is 20.0. The van der Waals surface area contributed by atoms with Gasteiger partial charge in [0.05, 0.1) is 55.8 Å². The highest BCUT2D eigenvalue weighted by molar-refractivity contribution is 6.13. The molecule has 4 nitrogen and oxygen atoms in total. The molecule has 13 rings (SSSR count). The van der Waals surface area contributed by atoms with Crippen molar-refractivity contribution in [2.75, 3.05) is 0 Å². The zero-order valence-corrected chi connectivity index (χ0v) is 39.3. The summed E-state index contributed by atoms with van der Waals surface area (Å²) in [5.41, 5.74) is 26.4. The van der Waals surface area contributed by atoms with Crippen LogP contribution in [0.25, 0.3) is 100 Å². The lowest BCUT2D eigenvalue weighted by Crippen LogP contribution is -2.15. The molecule has 66 heavy (non-hydrogen) atoms. The number of hydrogen-bond donors (Lipinski definition) is 0. The van der Waals surface area contributed by atoms with Crippen LogP contribution in [-0.2, 0) is 12.8 Å². The fourth-order valence-electron chi connectivity index (χ4n) is 11.9. The minimum atomic E-state index is 0.456. The molecule has 1 atom stereocenters. The summed E-state index contributed by atoms with van der Waals surface area (Å²) < 4.78 is 10.5. The Morgan fingerprint density at radius 2 is 0.803 bits per heavy atom. The number of hydrogen-bond acceptors (Lipinski definition) is 0. The first kappa shape index (κ1) is 39.1. The van der Waals surface area contributed by atoms with Crippen molar-refractivity contribution in [2.45, 2.75) is 74.7 Å². The van der Waals surface area contributed by atoms with Crippen molar-refractivity contribution < 1.29 is 0 Å². The maximum atomic E-state index is 2.64. The van der Waals surface area contributed by atoms with Crippen LogP contribution >= 0.6 is 0 Å². The molecule has 0 N–H and O–H groups in total. The summed E-state index contributed by atoms with van der Waals surface area (Å²) in [6.45, 7) is 18.0. The third-order valence-electron chi connectivity index (χ3n) is 15.0. The van der Waals surface area contributed by atoms with Gasteiger partial charge in [0.15, 0.2) is 0 Å². The van der Waals surface area contributed by atoms with Gasteiger partial charge in [-0.2, -0.15) is 0 Å².